The van der Waals surface area contributed by atoms with Crippen molar-refractivity contribution in [3.8, 4) is 0 Å². The van der Waals surface area contributed by atoms with Crippen molar-refractivity contribution < 1.29 is 0 Å². The van der Waals surface area contributed by atoms with Crippen LogP contribution in [0, 0.1) is 0 Å². The van der Waals surface area contributed by atoms with Gasteiger partial charge >= 0.3 is 0 Å². The first-order chi connectivity index (χ1) is 5.35. The van der Waals surface area contributed by atoms with Crippen molar-refractivity contribution in [2.75, 3.05) is 0 Å². The normalized spacial score (nSPS) is 29.6. The molecule has 0 aromatic heterocycles. The van der Waals surface area contributed by atoms with Gasteiger partial charge in [0.2, 0.25) is 3.79 Å². The van der Waals surface area contributed by atoms with Crippen molar-refractivity contribution in [3.63, 3.8) is 0 Å². The number of alkyl halides is 4. The number of hydrogen-bond donors (Lipinski definition) is 1. The second kappa shape index (κ2) is 3.47. The Kier molecular flexibility index (Phi) is 3.12. The second-order valence-corrected chi connectivity index (χ2v) is 5.53. The van der Waals surface area contributed by atoms with Gasteiger partial charge in [-0.25, -0.2) is 0 Å². The predicted molar refractivity (Wildman–Crippen MR) is 55.1 cm³/mol. The molecule has 0 saturated carbocycles. The highest BCUT2D eigenvalue weighted by molar-refractivity contribution is 6.71. The first kappa shape index (κ1) is 10.8. The van der Waals surface area contributed by atoms with Gasteiger partial charge in [0, 0.05) is 6.20 Å². The summed E-state index contributed by atoms with van der Waals surface area (Å²) >= 11 is 28.4. The standard InChI is InChI=1S/C6H4Cl5N/c7-4-1-2-5(8,12-3-4)6(9,10)11/h1-3,12H. The third-order valence-electron chi connectivity index (χ3n) is 1.30. The SMILES string of the molecule is ClC1=CNC(Cl)(C(Cl)(Cl)Cl)C=C1. The summed E-state index contributed by atoms with van der Waals surface area (Å²) in [6, 6.07) is 0. The average Bonchev–Trinajstić information content (AvgIpc) is 1.93. The summed E-state index contributed by atoms with van der Waals surface area (Å²) in [5.41, 5.74) is 0. The lowest BCUT2D eigenvalue weighted by Gasteiger charge is -2.32. The fourth-order valence-corrected chi connectivity index (χ4v) is 1.23. The maximum absolute atomic E-state index is 5.92. The van der Waals surface area contributed by atoms with Crippen LogP contribution in [0.15, 0.2) is 23.4 Å². The summed E-state index contributed by atoms with van der Waals surface area (Å²) < 4.78 is -1.63. The molecule has 1 unspecified atom stereocenters. The van der Waals surface area contributed by atoms with Crippen LogP contribution in [0.2, 0.25) is 0 Å². The van der Waals surface area contributed by atoms with E-state index in [1.54, 1.807) is 6.08 Å². The molecule has 1 nitrogen and oxygen atoms in total. The fourth-order valence-electron chi connectivity index (χ4n) is 0.641. The zero-order chi connectivity index (χ0) is 9.41. The Labute approximate surface area is 95.2 Å². The first-order valence-electron chi connectivity index (χ1n) is 2.93. The van der Waals surface area contributed by atoms with Crippen LogP contribution in [0.4, 0.5) is 0 Å². The lowest BCUT2D eigenvalue weighted by molar-refractivity contribution is 0.634. The molecule has 0 fully saturated rings. The van der Waals surface area contributed by atoms with Gasteiger partial charge in [-0.3, -0.25) is 0 Å². The highest BCUT2D eigenvalue weighted by atomic mass is 35.6. The van der Waals surface area contributed by atoms with Crippen LogP contribution in [-0.4, -0.2) is 8.79 Å². The monoisotopic (exact) mass is 265 g/mol. The number of halogens is 5. The van der Waals surface area contributed by atoms with Crippen molar-refractivity contribution in [2.24, 2.45) is 0 Å². The lowest BCUT2D eigenvalue weighted by Crippen LogP contribution is -2.47. The molecule has 68 valence electrons. The predicted octanol–water partition coefficient (Wildman–Crippen LogP) is 3.53. The zero-order valence-corrected chi connectivity index (χ0v) is 9.40. The Bertz CT molecular complexity index is 241. The third-order valence-corrected chi connectivity index (χ3v) is 3.24. The lowest BCUT2D eigenvalue weighted by atomic mass is 10.2. The Hall–Kier alpha value is 0.730. The number of rotatable bonds is 0. The quantitative estimate of drug-likeness (QED) is 0.523. The van der Waals surface area contributed by atoms with Crippen LogP contribution in [0.25, 0.3) is 0 Å². The molecule has 0 saturated heterocycles. The minimum Gasteiger partial charge on any atom is -0.365 e. The van der Waals surface area contributed by atoms with Crippen molar-refractivity contribution in [2.45, 2.75) is 8.79 Å². The van der Waals surface area contributed by atoms with Gasteiger partial charge in [-0.05, 0) is 12.2 Å². The fraction of sp³-hybridized carbons (Fsp3) is 0.333. The van der Waals surface area contributed by atoms with E-state index in [4.69, 9.17) is 58.0 Å². The van der Waals surface area contributed by atoms with E-state index in [2.05, 4.69) is 5.32 Å². The van der Waals surface area contributed by atoms with Crippen LogP contribution < -0.4 is 5.32 Å². The van der Waals surface area contributed by atoms with Gasteiger partial charge in [-0.1, -0.05) is 58.0 Å². The number of nitrogens with one attached hydrogen (secondary N) is 1. The maximum atomic E-state index is 5.92. The molecule has 1 atom stereocenters. The Balaban J connectivity index is 2.86. The second-order valence-electron chi connectivity index (χ2n) is 2.22. The molecule has 0 radical (unpaired) electrons. The molecule has 0 bridgehead atoms. The largest absolute Gasteiger partial charge is 0.365 e. The van der Waals surface area contributed by atoms with E-state index >= 15 is 0 Å². The van der Waals surface area contributed by atoms with E-state index in [-0.39, 0.29) is 0 Å². The van der Waals surface area contributed by atoms with E-state index < -0.39 is 8.79 Å². The van der Waals surface area contributed by atoms with Crippen LogP contribution in [-0.2, 0) is 0 Å². The minimum absolute atomic E-state index is 0.500. The van der Waals surface area contributed by atoms with Gasteiger partial charge in [0.25, 0.3) is 0 Å². The molecule has 1 N–H and O–H groups in total. The molecule has 0 amide bonds. The van der Waals surface area contributed by atoms with E-state index in [1.165, 1.54) is 12.3 Å². The average molecular weight is 267 g/mol. The van der Waals surface area contributed by atoms with E-state index in [9.17, 15) is 0 Å². The Morgan fingerprint density at radius 3 is 2.25 bits per heavy atom. The Morgan fingerprint density at radius 2 is 1.92 bits per heavy atom. The first-order valence-corrected chi connectivity index (χ1v) is 4.82. The molecule has 0 aromatic carbocycles. The molecular formula is C6H4Cl5N. The van der Waals surface area contributed by atoms with Crippen LogP contribution >= 0.6 is 58.0 Å². The van der Waals surface area contributed by atoms with Crippen LogP contribution in [0.1, 0.15) is 0 Å². The number of allylic oxidation sites excluding steroid dienone is 2. The van der Waals surface area contributed by atoms with Crippen molar-refractivity contribution in [1.82, 2.24) is 5.32 Å². The zero-order valence-electron chi connectivity index (χ0n) is 5.62. The summed E-state index contributed by atoms with van der Waals surface area (Å²) in [4.78, 5) is -1.23. The molecule has 12 heavy (non-hydrogen) atoms. The molecule has 1 aliphatic heterocycles. The van der Waals surface area contributed by atoms with Gasteiger partial charge < -0.3 is 5.32 Å². The topological polar surface area (TPSA) is 12.0 Å². The van der Waals surface area contributed by atoms with E-state index in [0.29, 0.717) is 5.03 Å². The molecule has 0 spiro atoms. The molecular weight excluding hydrogens is 263 g/mol. The minimum atomic E-state index is -1.63. The Morgan fingerprint density at radius 1 is 1.33 bits per heavy atom. The summed E-state index contributed by atoms with van der Waals surface area (Å²) in [6.45, 7) is 0. The van der Waals surface area contributed by atoms with Gasteiger partial charge in [-0.15, -0.1) is 0 Å². The van der Waals surface area contributed by atoms with Gasteiger partial charge in [-0.2, -0.15) is 0 Å². The van der Waals surface area contributed by atoms with E-state index in [1.807, 2.05) is 0 Å². The highest BCUT2D eigenvalue weighted by Gasteiger charge is 2.45. The number of dihydropyridines is 1. The van der Waals surface area contributed by atoms with Gasteiger partial charge in [0.1, 0.15) is 0 Å². The molecule has 1 heterocycles. The summed E-state index contributed by atoms with van der Waals surface area (Å²) in [6.07, 6.45) is 4.52. The van der Waals surface area contributed by atoms with Gasteiger partial charge in [0.15, 0.2) is 5.00 Å². The summed E-state index contributed by atoms with van der Waals surface area (Å²) in [5, 5.41) is 3.17. The molecule has 0 aliphatic carbocycles. The molecule has 0 aromatic rings. The van der Waals surface area contributed by atoms with E-state index in [0.717, 1.165) is 0 Å². The van der Waals surface area contributed by atoms with Crippen LogP contribution in [0.3, 0.4) is 0 Å². The number of hydrogen-bond acceptors (Lipinski definition) is 1. The molecule has 1 rings (SSSR count). The summed E-state index contributed by atoms with van der Waals surface area (Å²) in [7, 11) is 0. The maximum Gasteiger partial charge on any atom is 0.230 e. The third kappa shape index (κ3) is 2.15. The summed E-state index contributed by atoms with van der Waals surface area (Å²) in [5.74, 6) is 0. The van der Waals surface area contributed by atoms with Crippen LogP contribution in [0.5, 0.6) is 0 Å². The van der Waals surface area contributed by atoms with Crippen molar-refractivity contribution in [3.05, 3.63) is 23.4 Å². The smallest absolute Gasteiger partial charge is 0.230 e. The molecule has 1 aliphatic rings. The van der Waals surface area contributed by atoms with Crippen molar-refractivity contribution >= 4 is 58.0 Å². The molecule has 6 heteroatoms. The van der Waals surface area contributed by atoms with Crippen molar-refractivity contribution in [1.29, 1.82) is 0 Å². The van der Waals surface area contributed by atoms with Gasteiger partial charge in [0.05, 0.1) is 5.03 Å². The highest BCUT2D eigenvalue weighted by Crippen LogP contribution is 2.43.